The number of hydrogen-bond acceptors (Lipinski definition) is 1. The molecule has 0 atom stereocenters. The Morgan fingerprint density at radius 3 is 2.92 bits per heavy atom. The standard InChI is InChI=1S/C11H14FN/c1-3-4-5-9-8-10(12)6-7-11(9)13-2/h3,6-8,13H,1,4-5H2,2H3. The summed E-state index contributed by atoms with van der Waals surface area (Å²) >= 11 is 0. The average molecular weight is 179 g/mol. The summed E-state index contributed by atoms with van der Waals surface area (Å²) in [5.74, 6) is -0.182. The van der Waals surface area contributed by atoms with Crippen molar-refractivity contribution in [2.75, 3.05) is 12.4 Å². The second-order valence-electron chi connectivity index (χ2n) is 2.88. The number of anilines is 1. The molecular formula is C11H14FN. The van der Waals surface area contributed by atoms with E-state index in [2.05, 4.69) is 11.9 Å². The maximum absolute atomic E-state index is 12.9. The molecule has 1 aromatic carbocycles. The summed E-state index contributed by atoms with van der Waals surface area (Å²) in [4.78, 5) is 0. The number of rotatable bonds is 4. The maximum Gasteiger partial charge on any atom is 0.123 e. The Kier molecular flexibility index (Phi) is 3.50. The first kappa shape index (κ1) is 9.78. The summed E-state index contributed by atoms with van der Waals surface area (Å²) in [6, 6.07) is 4.78. The van der Waals surface area contributed by atoms with Gasteiger partial charge in [-0.15, -0.1) is 6.58 Å². The molecule has 0 aliphatic carbocycles. The van der Waals surface area contributed by atoms with E-state index in [1.165, 1.54) is 6.07 Å². The van der Waals surface area contributed by atoms with Crippen molar-refractivity contribution in [1.82, 2.24) is 0 Å². The smallest absolute Gasteiger partial charge is 0.123 e. The predicted molar refractivity (Wildman–Crippen MR) is 54.5 cm³/mol. The van der Waals surface area contributed by atoms with Crippen molar-refractivity contribution in [3.63, 3.8) is 0 Å². The molecule has 0 aliphatic rings. The van der Waals surface area contributed by atoms with Crippen LogP contribution in [0.4, 0.5) is 10.1 Å². The topological polar surface area (TPSA) is 12.0 Å². The van der Waals surface area contributed by atoms with E-state index in [9.17, 15) is 4.39 Å². The largest absolute Gasteiger partial charge is 0.388 e. The first-order chi connectivity index (χ1) is 6.27. The zero-order chi connectivity index (χ0) is 9.68. The van der Waals surface area contributed by atoms with Crippen molar-refractivity contribution in [3.8, 4) is 0 Å². The van der Waals surface area contributed by atoms with Crippen LogP contribution in [0.2, 0.25) is 0 Å². The molecule has 0 spiro atoms. The van der Waals surface area contributed by atoms with Gasteiger partial charge in [0.15, 0.2) is 0 Å². The molecule has 0 amide bonds. The third-order valence-electron chi connectivity index (χ3n) is 1.95. The number of hydrogen-bond donors (Lipinski definition) is 1. The van der Waals surface area contributed by atoms with Crippen LogP contribution in [0.1, 0.15) is 12.0 Å². The van der Waals surface area contributed by atoms with E-state index in [1.807, 2.05) is 13.1 Å². The fraction of sp³-hybridized carbons (Fsp3) is 0.273. The Morgan fingerprint density at radius 1 is 1.54 bits per heavy atom. The number of benzene rings is 1. The average Bonchev–Trinajstić information content (AvgIpc) is 2.15. The van der Waals surface area contributed by atoms with Crippen LogP contribution in [0.3, 0.4) is 0 Å². The van der Waals surface area contributed by atoms with Crippen molar-refractivity contribution in [3.05, 3.63) is 42.2 Å². The Labute approximate surface area is 78.3 Å². The molecule has 1 N–H and O–H groups in total. The van der Waals surface area contributed by atoms with Crippen LogP contribution in [0.5, 0.6) is 0 Å². The summed E-state index contributed by atoms with van der Waals surface area (Å²) in [5.41, 5.74) is 1.99. The predicted octanol–water partition coefficient (Wildman–Crippen LogP) is 2.99. The summed E-state index contributed by atoms with van der Waals surface area (Å²) in [7, 11) is 1.84. The first-order valence-corrected chi connectivity index (χ1v) is 4.35. The van der Waals surface area contributed by atoms with Gasteiger partial charge in [-0.1, -0.05) is 6.08 Å². The molecule has 0 heterocycles. The zero-order valence-electron chi connectivity index (χ0n) is 7.81. The van der Waals surface area contributed by atoms with E-state index in [0.717, 1.165) is 24.1 Å². The fourth-order valence-corrected chi connectivity index (χ4v) is 1.27. The molecule has 0 unspecified atom stereocenters. The highest BCUT2D eigenvalue weighted by atomic mass is 19.1. The van der Waals surface area contributed by atoms with Gasteiger partial charge in [0.25, 0.3) is 0 Å². The minimum atomic E-state index is -0.182. The molecule has 0 radical (unpaired) electrons. The van der Waals surface area contributed by atoms with Crippen LogP contribution in [-0.2, 0) is 6.42 Å². The van der Waals surface area contributed by atoms with Gasteiger partial charge < -0.3 is 5.32 Å². The van der Waals surface area contributed by atoms with Crippen molar-refractivity contribution in [2.45, 2.75) is 12.8 Å². The Morgan fingerprint density at radius 2 is 2.31 bits per heavy atom. The van der Waals surface area contributed by atoms with Crippen LogP contribution < -0.4 is 5.32 Å². The minimum absolute atomic E-state index is 0.182. The van der Waals surface area contributed by atoms with E-state index in [-0.39, 0.29) is 5.82 Å². The molecule has 0 bridgehead atoms. The molecule has 2 heteroatoms. The normalized spacial score (nSPS) is 9.69. The van der Waals surface area contributed by atoms with E-state index in [0.29, 0.717) is 0 Å². The first-order valence-electron chi connectivity index (χ1n) is 4.35. The van der Waals surface area contributed by atoms with Crippen LogP contribution >= 0.6 is 0 Å². The number of halogens is 1. The van der Waals surface area contributed by atoms with Gasteiger partial charge >= 0.3 is 0 Å². The summed E-state index contributed by atoms with van der Waals surface area (Å²) in [5, 5.41) is 3.03. The third-order valence-corrected chi connectivity index (χ3v) is 1.95. The molecule has 0 aromatic heterocycles. The van der Waals surface area contributed by atoms with Gasteiger partial charge in [0.2, 0.25) is 0 Å². The molecular weight excluding hydrogens is 165 g/mol. The molecule has 0 aliphatic heterocycles. The van der Waals surface area contributed by atoms with Crippen LogP contribution in [0.15, 0.2) is 30.9 Å². The van der Waals surface area contributed by atoms with E-state index < -0.39 is 0 Å². The van der Waals surface area contributed by atoms with E-state index in [1.54, 1.807) is 12.1 Å². The zero-order valence-corrected chi connectivity index (χ0v) is 7.81. The van der Waals surface area contributed by atoms with Crippen LogP contribution in [0, 0.1) is 5.82 Å². The highest BCUT2D eigenvalue weighted by Gasteiger charge is 2.01. The molecule has 13 heavy (non-hydrogen) atoms. The number of nitrogens with one attached hydrogen (secondary N) is 1. The highest BCUT2D eigenvalue weighted by Crippen LogP contribution is 2.17. The Balaban J connectivity index is 2.87. The lowest BCUT2D eigenvalue weighted by molar-refractivity contribution is 0.625. The molecule has 1 rings (SSSR count). The molecule has 70 valence electrons. The number of aryl methyl sites for hydroxylation is 1. The third kappa shape index (κ3) is 2.58. The van der Waals surface area contributed by atoms with E-state index in [4.69, 9.17) is 0 Å². The Hall–Kier alpha value is -1.31. The molecule has 1 nitrogen and oxygen atoms in total. The van der Waals surface area contributed by atoms with Crippen molar-refractivity contribution in [1.29, 1.82) is 0 Å². The van der Waals surface area contributed by atoms with Crippen molar-refractivity contribution < 1.29 is 4.39 Å². The van der Waals surface area contributed by atoms with Crippen molar-refractivity contribution >= 4 is 5.69 Å². The van der Waals surface area contributed by atoms with Gasteiger partial charge in [0.1, 0.15) is 5.82 Å². The quantitative estimate of drug-likeness (QED) is 0.700. The van der Waals surface area contributed by atoms with Crippen molar-refractivity contribution in [2.24, 2.45) is 0 Å². The summed E-state index contributed by atoms with van der Waals surface area (Å²) < 4.78 is 12.9. The lowest BCUT2D eigenvalue weighted by Gasteiger charge is -2.07. The lowest BCUT2D eigenvalue weighted by Crippen LogP contribution is -1.95. The fourth-order valence-electron chi connectivity index (χ4n) is 1.27. The SMILES string of the molecule is C=CCCc1cc(F)ccc1NC. The molecule has 0 fully saturated rings. The van der Waals surface area contributed by atoms with Gasteiger partial charge in [-0.05, 0) is 36.6 Å². The number of allylic oxidation sites excluding steroid dienone is 1. The van der Waals surface area contributed by atoms with Crippen LogP contribution in [-0.4, -0.2) is 7.05 Å². The molecule has 0 saturated carbocycles. The van der Waals surface area contributed by atoms with Gasteiger partial charge in [0, 0.05) is 12.7 Å². The highest BCUT2D eigenvalue weighted by molar-refractivity contribution is 5.50. The minimum Gasteiger partial charge on any atom is -0.388 e. The van der Waals surface area contributed by atoms with Gasteiger partial charge in [-0.3, -0.25) is 0 Å². The monoisotopic (exact) mass is 179 g/mol. The van der Waals surface area contributed by atoms with E-state index >= 15 is 0 Å². The van der Waals surface area contributed by atoms with Crippen LogP contribution in [0.25, 0.3) is 0 Å². The lowest BCUT2D eigenvalue weighted by atomic mass is 10.1. The molecule has 1 aromatic rings. The Bertz CT molecular complexity index is 294. The van der Waals surface area contributed by atoms with Gasteiger partial charge in [-0.25, -0.2) is 4.39 Å². The summed E-state index contributed by atoms with van der Waals surface area (Å²) in [6.07, 6.45) is 3.54. The second kappa shape index (κ2) is 4.65. The van der Waals surface area contributed by atoms with Gasteiger partial charge in [0.05, 0.1) is 0 Å². The summed E-state index contributed by atoms with van der Waals surface area (Å²) in [6.45, 7) is 3.64. The van der Waals surface area contributed by atoms with Gasteiger partial charge in [-0.2, -0.15) is 0 Å². The second-order valence-corrected chi connectivity index (χ2v) is 2.88. The molecule has 0 saturated heterocycles. The maximum atomic E-state index is 12.9.